The van der Waals surface area contributed by atoms with Crippen molar-refractivity contribution in [1.29, 1.82) is 0 Å². The van der Waals surface area contributed by atoms with Crippen molar-refractivity contribution in [2.75, 3.05) is 6.61 Å². The third kappa shape index (κ3) is 5.04. The average molecular weight is 412 g/mol. The van der Waals surface area contributed by atoms with Gasteiger partial charge in [0.15, 0.2) is 11.5 Å². The lowest BCUT2D eigenvalue weighted by molar-refractivity contribution is -0.130. The van der Waals surface area contributed by atoms with E-state index in [9.17, 15) is 4.79 Å². The number of carbonyl (C=O) groups is 1. The average Bonchev–Trinajstić information content (AvgIpc) is 3.15. The summed E-state index contributed by atoms with van der Waals surface area (Å²) in [5.74, 6) is 1.50. The highest BCUT2D eigenvalue weighted by molar-refractivity contribution is 6.05. The van der Waals surface area contributed by atoms with E-state index < -0.39 is 0 Å². The van der Waals surface area contributed by atoms with Crippen molar-refractivity contribution in [3.05, 3.63) is 107 Å². The lowest BCUT2D eigenvalue weighted by Gasteiger charge is -2.13. The Bertz CT molecular complexity index is 1130. The molecule has 0 aromatic heterocycles. The third-order valence-corrected chi connectivity index (χ3v) is 4.89. The van der Waals surface area contributed by atoms with Crippen LogP contribution in [0.5, 0.6) is 11.5 Å². The van der Waals surface area contributed by atoms with Crippen LogP contribution in [0.2, 0.25) is 0 Å². The largest absolute Gasteiger partial charge is 0.490 e. The monoisotopic (exact) mass is 412 g/mol. The smallest absolute Gasteiger partial charge is 0.343 e. The van der Waals surface area contributed by atoms with Gasteiger partial charge in [-0.2, -0.15) is 0 Å². The molecule has 4 heteroatoms. The van der Waals surface area contributed by atoms with Crippen LogP contribution >= 0.6 is 0 Å². The molecule has 0 atom stereocenters. The number of rotatable bonds is 7. The molecule has 1 aliphatic rings. The fraction of sp³-hybridized carbons (Fsp3) is 0.148. The standard InChI is InChI=1S/C27H24O4/c1-3-29-26-16-21(11-14-24(26)30-18-20-7-5-4-6-8-20)15-23-17-25(31-27(23)28)22-12-9-19(2)10-13-22/h4-17H,3,18H2,1-2H3/b23-15+. The molecule has 0 unspecified atom stereocenters. The van der Waals surface area contributed by atoms with Gasteiger partial charge in [0.2, 0.25) is 0 Å². The maximum Gasteiger partial charge on any atom is 0.343 e. The first-order chi connectivity index (χ1) is 15.1. The highest BCUT2D eigenvalue weighted by Gasteiger charge is 2.22. The van der Waals surface area contributed by atoms with Crippen LogP contribution in [-0.4, -0.2) is 12.6 Å². The zero-order chi connectivity index (χ0) is 21.6. The van der Waals surface area contributed by atoms with E-state index in [1.807, 2.05) is 86.6 Å². The van der Waals surface area contributed by atoms with Crippen LogP contribution in [0, 0.1) is 6.92 Å². The lowest BCUT2D eigenvalue weighted by Crippen LogP contribution is -2.00. The third-order valence-electron chi connectivity index (χ3n) is 4.89. The first-order valence-corrected chi connectivity index (χ1v) is 10.3. The Hall–Kier alpha value is -3.79. The zero-order valence-electron chi connectivity index (χ0n) is 17.6. The molecule has 156 valence electrons. The van der Waals surface area contributed by atoms with Crippen LogP contribution in [0.3, 0.4) is 0 Å². The molecule has 0 aliphatic carbocycles. The summed E-state index contributed by atoms with van der Waals surface area (Å²) in [6, 6.07) is 23.5. The summed E-state index contributed by atoms with van der Waals surface area (Å²) in [6.45, 7) is 4.92. The number of benzene rings is 3. The summed E-state index contributed by atoms with van der Waals surface area (Å²) >= 11 is 0. The highest BCUT2D eigenvalue weighted by Crippen LogP contribution is 2.32. The van der Waals surface area contributed by atoms with E-state index in [0.717, 1.165) is 22.3 Å². The molecule has 0 spiro atoms. The number of hydrogen-bond donors (Lipinski definition) is 0. The SMILES string of the molecule is CCOc1cc(/C=C2\C=C(c3ccc(C)cc3)OC2=O)ccc1OCc1ccccc1. The predicted octanol–water partition coefficient (Wildman–Crippen LogP) is 5.95. The Morgan fingerprint density at radius 2 is 1.68 bits per heavy atom. The normalized spacial score (nSPS) is 14.3. The van der Waals surface area contributed by atoms with Crippen LogP contribution in [0.15, 0.2) is 84.4 Å². The second kappa shape index (κ2) is 9.35. The highest BCUT2D eigenvalue weighted by atomic mass is 16.5. The molecular formula is C27H24O4. The fourth-order valence-corrected chi connectivity index (χ4v) is 3.27. The Balaban J connectivity index is 1.56. The zero-order valence-corrected chi connectivity index (χ0v) is 17.6. The molecule has 3 aromatic rings. The van der Waals surface area contributed by atoms with E-state index in [0.29, 0.717) is 36.0 Å². The first kappa shape index (κ1) is 20.5. The van der Waals surface area contributed by atoms with E-state index in [4.69, 9.17) is 14.2 Å². The molecule has 1 heterocycles. The van der Waals surface area contributed by atoms with Crippen molar-refractivity contribution in [2.45, 2.75) is 20.5 Å². The molecule has 4 nitrogen and oxygen atoms in total. The predicted molar refractivity (Wildman–Crippen MR) is 122 cm³/mol. The second-order valence-corrected chi connectivity index (χ2v) is 7.28. The van der Waals surface area contributed by atoms with Gasteiger partial charge in [-0.15, -0.1) is 0 Å². The van der Waals surface area contributed by atoms with Crippen LogP contribution in [0.1, 0.15) is 29.2 Å². The second-order valence-electron chi connectivity index (χ2n) is 7.28. The van der Waals surface area contributed by atoms with Gasteiger partial charge < -0.3 is 14.2 Å². The number of aryl methyl sites for hydroxylation is 1. The van der Waals surface area contributed by atoms with E-state index in [1.165, 1.54) is 0 Å². The topological polar surface area (TPSA) is 44.8 Å². The summed E-state index contributed by atoms with van der Waals surface area (Å²) in [5.41, 5.74) is 4.45. The molecule has 0 bridgehead atoms. The van der Waals surface area contributed by atoms with Gasteiger partial charge in [-0.3, -0.25) is 0 Å². The van der Waals surface area contributed by atoms with Crippen molar-refractivity contribution in [2.24, 2.45) is 0 Å². The summed E-state index contributed by atoms with van der Waals surface area (Å²) in [4.78, 5) is 12.4. The van der Waals surface area contributed by atoms with Crippen LogP contribution in [-0.2, 0) is 16.1 Å². The van der Waals surface area contributed by atoms with Crippen molar-refractivity contribution >= 4 is 17.8 Å². The number of hydrogen-bond acceptors (Lipinski definition) is 4. The minimum absolute atomic E-state index is 0.363. The molecule has 31 heavy (non-hydrogen) atoms. The van der Waals surface area contributed by atoms with Crippen LogP contribution < -0.4 is 9.47 Å². The van der Waals surface area contributed by atoms with Crippen molar-refractivity contribution < 1.29 is 19.0 Å². The Morgan fingerprint density at radius 3 is 2.42 bits per heavy atom. The van der Waals surface area contributed by atoms with E-state index in [-0.39, 0.29) is 5.97 Å². The van der Waals surface area contributed by atoms with E-state index in [1.54, 1.807) is 12.2 Å². The minimum Gasteiger partial charge on any atom is -0.490 e. The van der Waals surface area contributed by atoms with Gasteiger partial charge in [0.25, 0.3) is 0 Å². The minimum atomic E-state index is -0.363. The van der Waals surface area contributed by atoms with Gasteiger partial charge in [-0.05, 0) is 49.3 Å². The van der Waals surface area contributed by atoms with Gasteiger partial charge in [0.1, 0.15) is 12.4 Å². The Labute approximate surface area is 182 Å². The molecule has 0 amide bonds. The van der Waals surface area contributed by atoms with Gasteiger partial charge in [-0.25, -0.2) is 4.79 Å². The fourth-order valence-electron chi connectivity index (χ4n) is 3.27. The van der Waals surface area contributed by atoms with E-state index >= 15 is 0 Å². The van der Waals surface area contributed by atoms with Gasteiger partial charge >= 0.3 is 5.97 Å². The molecule has 0 saturated heterocycles. The molecular weight excluding hydrogens is 388 g/mol. The van der Waals surface area contributed by atoms with Crippen molar-refractivity contribution in [3.8, 4) is 11.5 Å². The number of cyclic esters (lactones) is 1. The van der Waals surface area contributed by atoms with Crippen LogP contribution in [0.25, 0.3) is 11.8 Å². The number of esters is 1. The molecule has 0 saturated carbocycles. The maximum atomic E-state index is 12.4. The molecule has 3 aromatic carbocycles. The first-order valence-electron chi connectivity index (χ1n) is 10.3. The van der Waals surface area contributed by atoms with Crippen molar-refractivity contribution in [3.63, 3.8) is 0 Å². The van der Waals surface area contributed by atoms with Gasteiger partial charge in [0.05, 0.1) is 12.2 Å². The summed E-state index contributed by atoms with van der Waals surface area (Å²) in [5, 5.41) is 0. The molecule has 1 aliphatic heterocycles. The van der Waals surface area contributed by atoms with Gasteiger partial charge in [0, 0.05) is 5.56 Å². The van der Waals surface area contributed by atoms with Crippen LogP contribution in [0.4, 0.5) is 0 Å². The molecule has 4 rings (SSSR count). The maximum absolute atomic E-state index is 12.4. The quantitative estimate of drug-likeness (QED) is 0.355. The Morgan fingerprint density at radius 1 is 0.903 bits per heavy atom. The number of carbonyl (C=O) groups excluding carboxylic acids is 1. The van der Waals surface area contributed by atoms with Gasteiger partial charge in [-0.1, -0.05) is 66.2 Å². The molecule has 0 N–H and O–H groups in total. The lowest BCUT2D eigenvalue weighted by atomic mass is 10.1. The van der Waals surface area contributed by atoms with E-state index in [2.05, 4.69) is 0 Å². The Kier molecular flexibility index (Phi) is 6.18. The molecule has 0 fully saturated rings. The van der Waals surface area contributed by atoms with Crippen molar-refractivity contribution in [1.82, 2.24) is 0 Å². The summed E-state index contributed by atoms with van der Waals surface area (Å²) in [6.07, 6.45) is 3.57. The summed E-state index contributed by atoms with van der Waals surface area (Å²) in [7, 11) is 0. The number of ether oxygens (including phenoxy) is 3. The summed E-state index contributed by atoms with van der Waals surface area (Å²) < 4.78 is 17.2. The molecule has 0 radical (unpaired) electrons.